The van der Waals surface area contributed by atoms with Crippen LogP contribution in [0.15, 0.2) is 29.3 Å². The number of hydrogen-bond donors (Lipinski definition) is 2. The first-order valence-electron chi connectivity index (χ1n) is 7.61. The van der Waals surface area contributed by atoms with Gasteiger partial charge in [-0.3, -0.25) is 4.99 Å². The van der Waals surface area contributed by atoms with E-state index in [0.717, 1.165) is 36.6 Å². The Balaban J connectivity index is 1.86. The first-order valence-corrected chi connectivity index (χ1v) is 7.61. The summed E-state index contributed by atoms with van der Waals surface area (Å²) >= 11 is 0. The van der Waals surface area contributed by atoms with Crippen LogP contribution in [0.5, 0.6) is 0 Å². The number of nitrogens with one attached hydrogen (secondary N) is 2. The fourth-order valence-corrected chi connectivity index (χ4v) is 2.18. The Hall–Kier alpha value is -1.72. The van der Waals surface area contributed by atoms with Crippen molar-refractivity contribution in [2.24, 2.45) is 10.9 Å². The molecule has 1 saturated carbocycles. The Kier molecular flexibility index (Phi) is 5.32. The van der Waals surface area contributed by atoms with E-state index >= 15 is 0 Å². The van der Waals surface area contributed by atoms with Gasteiger partial charge >= 0.3 is 6.18 Å². The fourth-order valence-electron chi connectivity index (χ4n) is 2.18. The van der Waals surface area contributed by atoms with Gasteiger partial charge in [-0.05, 0) is 43.4 Å². The molecule has 0 radical (unpaired) electrons. The van der Waals surface area contributed by atoms with E-state index < -0.39 is 11.7 Å². The zero-order chi connectivity index (χ0) is 16.2. The second kappa shape index (κ2) is 7.03. The highest BCUT2D eigenvalue weighted by molar-refractivity contribution is 5.80. The van der Waals surface area contributed by atoms with Gasteiger partial charge in [0.2, 0.25) is 0 Å². The number of hydrogen-bond acceptors (Lipinski definition) is 1. The number of aliphatic imine (C=N–C) groups is 1. The molecule has 3 nitrogen and oxygen atoms in total. The molecule has 0 amide bonds. The van der Waals surface area contributed by atoms with Crippen molar-refractivity contribution in [2.75, 3.05) is 13.1 Å². The minimum Gasteiger partial charge on any atom is -0.357 e. The fraction of sp³-hybridized carbons (Fsp3) is 0.562. The average Bonchev–Trinajstić information content (AvgIpc) is 3.14. The molecular formula is C16H22F3N3. The van der Waals surface area contributed by atoms with Gasteiger partial charge in [0.05, 0.1) is 5.56 Å². The number of benzene rings is 1. The highest BCUT2D eigenvalue weighted by Crippen LogP contribution is 2.29. The van der Waals surface area contributed by atoms with Gasteiger partial charge in [-0.2, -0.15) is 13.2 Å². The van der Waals surface area contributed by atoms with Gasteiger partial charge in [0, 0.05) is 19.1 Å². The molecular weight excluding hydrogens is 291 g/mol. The van der Waals surface area contributed by atoms with E-state index in [1.165, 1.54) is 12.1 Å². The van der Waals surface area contributed by atoms with Crippen molar-refractivity contribution in [3.05, 3.63) is 35.4 Å². The molecule has 1 aromatic carbocycles. The molecule has 0 aromatic heterocycles. The highest BCUT2D eigenvalue weighted by atomic mass is 19.4. The lowest BCUT2D eigenvalue weighted by molar-refractivity contribution is -0.137. The van der Waals surface area contributed by atoms with E-state index in [4.69, 9.17) is 0 Å². The molecule has 1 aliphatic rings. The van der Waals surface area contributed by atoms with E-state index in [-0.39, 0.29) is 0 Å². The molecule has 1 fully saturated rings. The number of guanidine groups is 1. The standard InChI is InChI=1S/C16H22F3N3/c1-3-20-15(22-14-10-11(14)2)21-9-8-12-4-6-13(7-5-12)16(17,18)19/h4-7,11,14H,3,8-10H2,1-2H3,(H2,20,21,22). The molecule has 0 spiro atoms. The van der Waals surface area contributed by atoms with Crippen LogP contribution in [0.4, 0.5) is 13.2 Å². The normalized spacial score (nSPS) is 21.6. The predicted molar refractivity (Wildman–Crippen MR) is 81.8 cm³/mol. The summed E-state index contributed by atoms with van der Waals surface area (Å²) in [6.07, 6.45) is -2.50. The van der Waals surface area contributed by atoms with Crippen LogP contribution < -0.4 is 10.6 Å². The molecule has 2 unspecified atom stereocenters. The quantitative estimate of drug-likeness (QED) is 0.647. The maximum Gasteiger partial charge on any atom is 0.416 e. The molecule has 0 heterocycles. The van der Waals surface area contributed by atoms with E-state index in [9.17, 15) is 13.2 Å². The summed E-state index contributed by atoms with van der Waals surface area (Å²) < 4.78 is 37.4. The maximum atomic E-state index is 12.5. The molecule has 0 aliphatic heterocycles. The summed E-state index contributed by atoms with van der Waals surface area (Å²) in [5.74, 6) is 1.46. The van der Waals surface area contributed by atoms with Crippen molar-refractivity contribution < 1.29 is 13.2 Å². The Bertz CT molecular complexity index is 508. The van der Waals surface area contributed by atoms with Crippen LogP contribution >= 0.6 is 0 Å². The summed E-state index contributed by atoms with van der Waals surface area (Å²) in [7, 11) is 0. The Morgan fingerprint density at radius 3 is 2.41 bits per heavy atom. The van der Waals surface area contributed by atoms with Gasteiger partial charge in [-0.1, -0.05) is 19.1 Å². The number of nitrogens with zero attached hydrogens (tertiary/aromatic N) is 1. The van der Waals surface area contributed by atoms with Gasteiger partial charge in [-0.15, -0.1) is 0 Å². The van der Waals surface area contributed by atoms with E-state index in [2.05, 4.69) is 22.5 Å². The van der Waals surface area contributed by atoms with E-state index in [1.807, 2.05) is 6.92 Å². The third kappa shape index (κ3) is 4.93. The summed E-state index contributed by atoms with van der Waals surface area (Å²) in [5.41, 5.74) is 0.241. The first kappa shape index (κ1) is 16.6. The van der Waals surface area contributed by atoms with Crippen molar-refractivity contribution in [1.29, 1.82) is 0 Å². The van der Waals surface area contributed by atoms with Crippen LogP contribution in [0.2, 0.25) is 0 Å². The molecule has 2 atom stereocenters. The third-order valence-electron chi connectivity index (χ3n) is 3.73. The molecule has 0 bridgehead atoms. The number of rotatable bonds is 5. The largest absolute Gasteiger partial charge is 0.416 e. The smallest absolute Gasteiger partial charge is 0.357 e. The SMILES string of the molecule is CCNC(=NCCc1ccc(C(F)(F)F)cc1)NC1CC1C. The lowest BCUT2D eigenvalue weighted by Crippen LogP contribution is -2.39. The summed E-state index contributed by atoms with van der Waals surface area (Å²) in [6.45, 7) is 5.52. The van der Waals surface area contributed by atoms with Gasteiger partial charge in [-0.25, -0.2) is 0 Å². The lowest BCUT2D eigenvalue weighted by Gasteiger charge is -2.11. The molecule has 22 heavy (non-hydrogen) atoms. The van der Waals surface area contributed by atoms with Gasteiger partial charge in [0.1, 0.15) is 0 Å². The van der Waals surface area contributed by atoms with Crippen LogP contribution in [0.1, 0.15) is 31.4 Å². The Morgan fingerprint density at radius 1 is 1.27 bits per heavy atom. The third-order valence-corrected chi connectivity index (χ3v) is 3.73. The second-order valence-corrected chi connectivity index (χ2v) is 5.67. The van der Waals surface area contributed by atoms with E-state index in [1.54, 1.807) is 0 Å². The van der Waals surface area contributed by atoms with Crippen LogP contribution in [-0.4, -0.2) is 25.1 Å². The van der Waals surface area contributed by atoms with Crippen LogP contribution in [-0.2, 0) is 12.6 Å². The van der Waals surface area contributed by atoms with Gasteiger partial charge in [0.25, 0.3) is 0 Å². The number of alkyl halides is 3. The topological polar surface area (TPSA) is 36.4 Å². The van der Waals surface area contributed by atoms with Crippen LogP contribution in [0, 0.1) is 5.92 Å². The Labute approximate surface area is 129 Å². The summed E-state index contributed by atoms with van der Waals surface area (Å²) in [5, 5.41) is 6.53. The van der Waals surface area contributed by atoms with Crippen molar-refractivity contribution in [2.45, 2.75) is 38.9 Å². The molecule has 1 aliphatic carbocycles. The van der Waals surface area contributed by atoms with Gasteiger partial charge < -0.3 is 10.6 Å². The highest BCUT2D eigenvalue weighted by Gasteiger charge is 2.33. The van der Waals surface area contributed by atoms with E-state index in [0.29, 0.717) is 24.9 Å². The monoisotopic (exact) mass is 313 g/mol. The van der Waals surface area contributed by atoms with Crippen molar-refractivity contribution in [3.63, 3.8) is 0 Å². The first-order chi connectivity index (χ1) is 10.4. The number of halogens is 3. The summed E-state index contributed by atoms with van der Waals surface area (Å²) in [6, 6.07) is 5.76. The van der Waals surface area contributed by atoms with Gasteiger partial charge in [0.15, 0.2) is 5.96 Å². The predicted octanol–water partition coefficient (Wildman–Crippen LogP) is 3.21. The van der Waals surface area contributed by atoms with Crippen molar-refractivity contribution in [1.82, 2.24) is 10.6 Å². The van der Waals surface area contributed by atoms with Crippen LogP contribution in [0.25, 0.3) is 0 Å². The van der Waals surface area contributed by atoms with Crippen molar-refractivity contribution in [3.8, 4) is 0 Å². The molecule has 122 valence electrons. The maximum absolute atomic E-state index is 12.5. The lowest BCUT2D eigenvalue weighted by atomic mass is 10.1. The molecule has 1 aromatic rings. The summed E-state index contributed by atoms with van der Waals surface area (Å²) in [4.78, 5) is 4.47. The Morgan fingerprint density at radius 2 is 1.91 bits per heavy atom. The van der Waals surface area contributed by atoms with Crippen molar-refractivity contribution >= 4 is 5.96 Å². The minimum atomic E-state index is -4.28. The molecule has 2 rings (SSSR count). The zero-order valence-electron chi connectivity index (χ0n) is 12.9. The zero-order valence-corrected chi connectivity index (χ0v) is 12.9. The molecule has 6 heteroatoms. The average molecular weight is 313 g/mol. The molecule has 0 saturated heterocycles. The van der Waals surface area contributed by atoms with Crippen LogP contribution in [0.3, 0.4) is 0 Å². The minimum absolute atomic E-state index is 0.490. The molecule has 2 N–H and O–H groups in total. The second-order valence-electron chi connectivity index (χ2n) is 5.67.